The lowest BCUT2D eigenvalue weighted by Gasteiger charge is -1.98. The quantitative estimate of drug-likeness (QED) is 0.235. The van der Waals surface area contributed by atoms with Gasteiger partial charge in [0.25, 0.3) is 0 Å². The van der Waals surface area contributed by atoms with Gasteiger partial charge in [-0.25, -0.2) is 10.1 Å². The van der Waals surface area contributed by atoms with Crippen molar-refractivity contribution in [3.05, 3.63) is 12.7 Å². The van der Waals surface area contributed by atoms with E-state index in [9.17, 15) is 0 Å². The van der Waals surface area contributed by atoms with E-state index < -0.39 is 6.29 Å². The molecule has 1 unspecified atom stereocenters. The second-order valence-electron chi connectivity index (χ2n) is 1.08. The number of aliphatic hydroxyl groups excluding tert-OH is 1. The highest BCUT2D eigenvalue weighted by Crippen LogP contribution is 1.89. The van der Waals surface area contributed by atoms with Crippen LogP contribution in [-0.4, -0.2) is 16.7 Å². The Labute approximate surface area is 41.8 Å². The fraction of sp³-hybridized carbons (Fsp3) is 0.500. The summed E-state index contributed by atoms with van der Waals surface area (Å²) in [6.45, 7) is 3.30. The molecular weight excluding hydrogens is 96.0 g/mol. The van der Waals surface area contributed by atoms with Crippen molar-refractivity contribution in [1.29, 1.82) is 0 Å². The highest BCUT2D eigenvalue weighted by molar-refractivity contribution is 4.66. The Morgan fingerprint density at radius 3 is 2.57 bits per heavy atom. The van der Waals surface area contributed by atoms with Gasteiger partial charge in [-0.05, 0) is 0 Å². The van der Waals surface area contributed by atoms with Gasteiger partial charge in [-0.15, -0.1) is 6.58 Å². The van der Waals surface area contributed by atoms with Crippen LogP contribution in [0, 0.1) is 0 Å². The molecule has 0 radical (unpaired) electrons. The molecule has 0 amide bonds. The molecule has 0 spiro atoms. The van der Waals surface area contributed by atoms with E-state index >= 15 is 0 Å². The van der Waals surface area contributed by atoms with Gasteiger partial charge >= 0.3 is 0 Å². The number of aliphatic hydroxyl groups is 1. The van der Waals surface area contributed by atoms with Crippen molar-refractivity contribution in [2.24, 2.45) is 0 Å². The largest absolute Gasteiger partial charge is 0.365 e. The molecule has 0 fully saturated rings. The Balaban J connectivity index is 2.98. The summed E-state index contributed by atoms with van der Waals surface area (Å²) in [6.07, 6.45) is 0.578. The van der Waals surface area contributed by atoms with Gasteiger partial charge < -0.3 is 5.11 Å². The van der Waals surface area contributed by atoms with Gasteiger partial charge in [-0.3, -0.25) is 0 Å². The maximum absolute atomic E-state index is 8.31. The highest BCUT2D eigenvalue weighted by Gasteiger charge is 1.95. The van der Waals surface area contributed by atoms with E-state index in [1.165, 1.54) is 6.08 Å². The van der Waals surface area contributed by atoms with E-state index in [1.54, 1.807) is 0 Å². The van der Waals surface area contributed by atoms with Crippen molar-refractivity contribution in [2.75, 3.05) is 0 Å². The fourth-order valence-electron chi connectivity index (χ4n) is 0.186. The lowest BCUT2D eigenvalue weighted by Crippen LogP contribution is -2.06. The Bertz CT molecular complexity index is 52.9. The van der Waals surface area contributed by atoms with Gasteiger partial charge in [-0.1, -0.05) is 6.08 Å². The molecular formula is C4H8O3. The number of hydrogen-bond acceptors (Lipinski definition) is 3. The van der Waals surface area contributed by atoms with Crippen LogP contribution in [0.5, 0.6) is 0 Å². The summed E-state index contributed by atoms with van der Waals surface area (Å²) in [7, 11) is 0. The van der Waals surface area contributed by atoms with Gasteiger partial charge in [0.1, 0.15) is 0 Å². The summed E-state index contributed by atoms with van der Waals surface area (Å²) < 4.78 is 0. The molecule has 0 aromatic carbocycles. The van der Waals surface area contributed by atoms with E-state index in [2.05, 4.69) is 11.5 Å². The average Bonchev–Trinajstić information content (AvgIpc) is 1.68. The minimum atomic E-state index is -1.11. The van der Waals surface area contributed by atoms with Gasteiger partial charge in [-0.2, -0.15) is 0 Å². The summed E-state index contributed by atoms with van der Waals surface area (Å²) >= 11 is 0. The topological polar surface area (TPSA) is 49.7 Å². The van der Waals surface area contributed by atoms with Gasteiger partial charge in [0.15, 0.2) is 6.29 Å². The normalized spacial score (nSPS) is 13.4. The van der Waals surface area contributed by atoms with Crippen LogP contribution < -0.4 is 0 Å². The maximum atomic E-state index is 8.31. The van der Waals surface area contributed by atoms with Crippen molar-refractivity contribution in [1.82, 2.24) is 0 Å². The standard InChI is InChI=1S/C4H8O3/c1-2-3-4(5)7-6/h2,4-6H,1,3H2. The first-order chi connectivity index (χ1) is 3.31. The number of hydrogen-bond donors (Lipinski definition) is 2. The van der Waals surface area contributed by atoms with Gasteiger partial charge in [0.05, 0.1) is 0 Å². The zero-order chi connectivity index (χ0) is 5.70. The first-order valence-electron chi connectivity index (χ1n) is 1.90. The smallest absolute Gasteiger partial charge is 0.191 e. The molecule has 0 heterocycles. The Morgan fingerprint density at radius 2 is 2.43 bits per heavy atom. The van der Waals surface area contributed by atoms with Gasteiger partial charge in [0, 0.05) is 6.42 Å². The van der Waals surface area contributed by atoms with Crippen molar-refractivity contribution in [3.8, 4) is 0 Å². The SMILES string of the molecule is C=CCC(O)OO. The number of rotatable bonds is 3. The van der Waals surface area contributed by atoms with Crippen LogP contribution in [0.3, 0.4) is 0 Å². The monoisotopic (exact) mass is 104 g/mol. The minimum absolute atomic E-state index is 0.247. The van der Waals surface area contributed by atoms with E-state index in [-0.39, 0.29) is 6.42 Å². The second kappa shape index (κ2) is 3.80. The summed E-state index contributed by atoms with van der Waals surface area (Å²) in [5, 5.41) is 16.0. The Hall–Kier alpha value is -0.380. The molecule has 1 atom stereocenters. The lowest BCUT2D eigenvalue weighted by molar-refractivity contribution is -0.332. The van der Waals surface area contributed by atoms with E-state index in [0.29, 0.717) is 0 Å². The van der Waals surface area contributed by atoms with E-state index in [0.717, 1.165) is 0 Å². The summed E-state index contributed by atoms with van der Waals surface area (Å²) in [6, 6.07) is 0. The van der Waals surface area contributed by atoms with E-state index in [1.807, 2.05) is 0 Å². The minimum Gasteiger partial charge on any atom is -0.365 e. The Morgan fingerprint density at radius 1 is 1.86 bits per heavy atom. The zero-order valence-electron chi connectivity index (χ0n) is 3.87. The Kier molecular flexibility index (Phi) is 3.59. The molecule has 0 bridgehead atoms. The molecule has 0 aromatic heterocycles. The third-order valence-corrected chi connectivity index (χ3v) is 0.490. The lowest BCUT2D eigenvalue weighted by atomic mass is 10.4. The molecule has 7 heavy (non-hydrogen) atoms. The van der Waals surface area contributed by atoms with Crippen molar-refractivity contribution >= 4 is 0 Å². The zero-order valence-corrected chi connectivity index (χ0v) is 3.87. The molecule has 0 aliphatic heterocycles. The second-order valence-corrected chi connectivity index (χ2v) is 1.08. The predicted octanol–water partition coefficient (Wildman–Crippen LogP) is 0.370. The van der Waals surface area contributed by atoms with Crippen LogP contribution in [0.15, 0.2) is 12.7 Å². The molecule has 3 nitrogen and oxygen atoms in total. The molecule has 0 saturated carbocycles. The van der Waals surface area contributed by atoms with Gasteiger partial charge in [0.2, 0.25) is 0 Å². The van der Waals surface area contributed by atoms with Crippen LogP contribution in [0.25, 0.3) is 0 Å². The molecule has 0 aliphatic rings. The highest BCUT2D eigenvalue weighted by atomic mass is 17.1. The average molecular weight is 104 g/mol. The molecule has 0 aliphatic carbocycles. The molecule has 0 aromatic rings. The predicted molar refractivity (Wildman–Crippen MR) is 24.5 cm³/mol. The molecule has 0 saturated heterocycles. The van der Waals surface area contributed by atoms with Crippen molar-refractivity contribution in [3.63, 3.8) is 0 Å². The van der Waals surface area contributed by atoms with Crippen LogP contribution in [-0.2, 0) is 4.89 Å². The molecule has 42 valence electrons. The van der Waals surface area contributed by atoms with Crippen LogP contribution in [0.2, 0.25) is 0 Å². The van der Waals surface area contributed by atoms with Crippen LogP contribution >= 0.6 is 0 Å². The van der Waals surface area contributed by atoms with Crippen molar-refractivity contribution in [2.45, 2.75) is 12.7 Å². The molecule has 3 heteroatoms. The van der Waals surface area contributed by atoms with Crippen LogP contribution in [0.4, 0.5) is 0 Å². The fourth-order valence-corrected chi connectivity index (χ4v) is 0.186. The molecule has 0 rings (SSSR count). The third-order valence-electron chi connectivity index (χ3n) is 0.490. The molecule has 2 N–H and O–H groups in total. The van der Waals surface area contributed by atoms with Crippen LogP contribution in [0.1, 0.15) is 6.42 Å². The first-order valence-corrected chi connectivity index (χ1v) is 1.90. The van der Waals surface area contributed by atoms with Crippen molar-refractivity contribution < 1.29 is 15.3 Å². The third kappa shape index (κ3) is 3.45. The van der Waals surface area contributed by atoms with E-state index in [4.69, 9.17) is 10.4 Å². The maximum Gasteiger partial charge on any atom is 0.191 e. The summed E-state index contributed by atoms with van der Waals surface area (Å²) in [5.74, 6) is 0. The summed E-state index contributed by atoms with van der Waals surface area (Å²) in [5.41, 5.74) is 0. The first kappa shape index (κ1) is 6.62. The summed E-state index contributed by atoms with van der Waals surface area (Å²) in [4.78, 5) is 3.47.